The summed E-state index contributed by atoms with van der Waals surface area (Å²) in [6.45, 7) is 1.77. The first kappa shape index (κ1) is 13.5. The van der Waals surface area contributed by atoms with Gasteiger partial charge in [0, 0.05) is 18.3 Å². The van der Waals surface area contributed by atoms with E-state index in [-0.39, 0.29) is 5.91 Å². The van der Waals surface area contributed by atoms with Crippen LogP contribution in [0.15, 0.2) is 40.8 Å². The Morgan fingerprint density at radius 1 is 1.29 bits per heavy atom. The van der Waals surface area contributed by atoms with Crippen LogP contribution in [0, 0.1) is 6.92 Å². The predicted molar refractivity (Wildman–Crippen MR) is 82.6 cm³/mol. The number of nitrogens with one attached hydrogen (secondary N) is 1. The van der Waals surface area contributed by atoms with Crippen LogP contribution in [0.4, 0.5) is 11.4 Å². The van der Waals surface area contributed by atoms with Crippen LogP contribution in [0.25, 0.3) is 11.1 Å². The van der Waals surface area contributed by atoms with E-state index in [1.54, 1.807) is 37.3 Å². The average molecular weight is 302 g/mol. The third-order valence-electron chi connectivity index (χ3n) is 2.99. The normalized spacial score (nSPS) is 10.8. The summed E-state index contributed by atoms with van der Waals surface area (Å²) < 4.78 is 5.39. The first-order chi connectivity index (χ1) is 10.0. The van der Waals surface area contributed by atoms with Crippen molar-refractivity contribution in [3.63, 3.8) is 0 Å². The number of amides is 1. The molecule has 0 atom stereocenters. The fraction of sp³-hybridized carbons (Fsp3) is 0.0667. The molecule has 0 unspecified atom stereocenters. The van der Waals surface area contributed by atoms with Crippen LogP contribution in [-0.2, 0) is 0 Å². The lowest BCUT2D eigenvalue weighted by atomic mass is 10.2. The number of nitrogens with two attached hydrogens (primary N) is 1. The molecule has 3 rings (SSSR count). The molecular weight excluding hydrogens is 290 g/mol. The van der Waals surface area contributed by atoms with Gasteiger partial charge in [-0.25, -0.2) is 4.98 Å². The van der Waals surface area contributed by atoms with Crippen molar-refractivity contribution in [1.82, 2.24) is 4.98 Å². The molecule has 0 radical (unpaired) electrons. The summed E-state index contributed by atoms with van der Waals surface area (Å²) in [4.78, 5) is 16.5. The fourth-order valence-corrected chi connectivity index (χ4v) is 2.24. The summed E-state index contributed by atoms with van der Waals surface area (Å²) in [5.41, 5.74) is 8.45. The minimum atomic E-state index is -0.327. The molecule has 1 heterocycles. The van der Waals surface area contributed by atoms with Crippen molar-refractivity contribution >= 4 is 40.0 Å². The molecule has 0 spiro atoms. The molecule has 0 fully saturated rings. The average Bonchev–Trinajstić information content (AvgIpc) is 2.80. The second-order valence-corrected chi connectivity index (χ2v) is 5.02. The van der Waals surface area contributed by atoms with E-state index in [2.05, 4.69) is 10.3 Å². The van der Waals surface area contributed by atoms with Crippen LogP contribution in [0.5, 0.6) is 0 Å². The van der Waals surface area contributed by atoms with Gasteiger partial charge in [-0.05, 0) is 36.4 Å². The Labute approximate surface area is 125 Å². The van der Waals surface area contributed by atoms with Gasteiger partial charge in [0.25, 0.3) is 5.91 Å². The lowest BCUT2D eigenvalue weighted by molar-refractivity contribution is 0.102. The lowest BCUT2D eigenvalue weighted by Crippen LogP contribution is -2.12. The van der Waals surface area contributed by atoms with Crippen LogP contribution >= 0.6 is 11.6 Å². The van der Waals surface area contributed by atoms with E-state index in [4.69, 9.17) is 21.8 Å². The third kappa shape index (κ3) is 2.68. The summed E-state index contributed by atoms with van der Waals surface area (Å²) in [5, 5.41) is 3.11. The van der Waals surface area contributed by atoms with Gasteiger partial charge in [-0.2, -0.15) is 0 Å². The molecule has 6 heteroatoms. The Morgan fingerprint density at radius 3 is 2.90 bits per heavy atom. The zero-order valence-electron chi connectivity index (χ0n) is 11.2. The summed E-state index contributed by atoms with van der Waals surface area (Å²) in [7, 11) is 0. The van der Waals surface area contributed by atoms with Crippen molar-refractivity contribution in [2.75, 3.05) is 11.1 Å². The molecule has 2 aromatic carbocycles. The number of nitrogen functional groups attached to an aromatic ring is 1. The summed E-state index contributed by atoms with van der Waals surface area (Å²) in [5.74, 6) is 0.249. The number of carbonyl (C=O) groups is 1. The third-order valence-corrected chi connectivity index (χ3v) is 3.32. The molecule has 0 aliphatic heterocycles. The van der Waals surface area contributed by atoms with Crippen molar-refractivity contribution in [3.8, 4) is 0 Å². The summed E-state index contributed by atoms with van der Waals surface area (Å²) in [6.07, 6.45) is 0. The number of aromatic nitrogens is 1. The highest BCUT2D eigenvalue weighted by atomic mass is 35.5. The Morgan fingerprint density at radius 2 is 2.10 bits per heavy atom. The number of oxazole rings is 1. The van der Waals surface area contributed by atoms with Crippen LogP contribution < -0.4 is 11.1 Å². The smallest absolute Gasteiger partial charge is 0.257 e. The Bertz CT molecular complexity index is 842. The van der Waals surface area contributed by atoms with Crippen LogP contribution in [0.3, 0.4) is 0 Å². The van der Waals surface area contributed by atoms with E-state index in [1.165, 1.54) is 6.07 Å². The minimum Gasteiger partial charge on any atom is -0.441 e. The Balaban J connectivity index is 1.90. The monoisotopic (exact) mass is 301 g/mol. The molecule has 0 aliphatic rings. The van der Waals surface area contributed by atoms with Crippen LogP contribution in [0.1, 0.15) is 16.2 Å². The molecule has 1 aromatic heterocycles. The predicted octanol–water partition coefficient (Wildman–Crippen LogP) is 3.62. The molecule has 0 aliphatic carbocycles. The van der Waals surface area contributed by atoms with Crippen molar-refractivity contribution in [3.05, 3.63) is 52.9 Å². The summed E-state index contributed by atoms with van der Waals surface area (Å²) in [6, 6.07) is 10.0. The van der Waals surface area contributed by atoms with Crippen LogP contribution in [-0.4, -0.2) is 10.9 Å². The van der Waals surface area contributed by atoms with E-state index in [9.17, 15) is 4.79 Å². The maximum absolute atomic E-state index is 12.2. The number of carbonyl (C=O) groups excluding carboxylic acids is 1. The number of aryl methyl sites for hydroxylation is 1. The lowest BCUT2D eigenvalue weighted by Gasteiger charge is -2.07. The van der Waals surface area contributed by atoms with Gasteiger partial charge >= 0.3 is 0 Å². The Hall–Kier alpha value is -2.53. The standard InChI is InChI=1S/C15H12ClN3O2/c1-8-18-13-7-10(3-5-14(13)21-8)19-15(20)11-6-9(17)2-4-12(11)16/h2-7H,17H2,1H3,(H,19,20). The molecule has 1 amide bonds. The number of hydrogen-bond donors (Lipinski definition) is 2. The zero-order valence-corrected chi connectivity index (χ0v) is 11.9. The molecule has 21 heavy (non-hydrogen) atoms. The first-order valence-corrected chi connectivity index (χ1v) is 6.64. The van der Waals surface area contributed by atoms with Gasteiger partial charge in [-0.1, -0.05) is 11.6 Å². The van der Waals surface area contributed by atoms with Crippen molar-refractivity contribution in [2.45, 2.75) is 6.92 Å². The fourth-order valence-electron chi connectivity index (χ4n) is 2.04. The second kappa shape index (κ2) is 5.10. The Kier molecular flexibility index (Phi) is 3.27. The van der Waals surface area contributed by atoms with Crippen molar-refractivity contribution in [1.29, 1.82) is 0 Å². The molecule has 106 valence electrons. The second-order valence-electron chi connectivity index (χ2n) is 4.61. The van der Waals surface area contributed by atoms with Gasteiger partial charge in [-0.3, -0.25) is 4.79 Å². The largest absolute Gasteiger partial charge is 0.441 e. The van der Waals surface area contributed by atoms with Crippen molar-refractivity contribution < 1.29 is 9.21 Å². The number of nitrogens with zero attached hydrogens (tertiary/aromatic N) is 1. The number of halogens is 1. The highest BCUT2D eigenvalue weighted by Crippen LogP contribution is 2.23. The van der Waals surface area contributed by atoms with Gasteiger partial charge in [0.2, 0.25) is 0 Å². The highest BCUT2D eigenvalue weighted by molar-refractivity contribution is 6.34. The van der Waals surface area contributed by atoms with E-state index in [1.807, 2.05) is 0 Å². The number of fused-ring (bicyclic) bond motifs is 1. The van der Waals surface area contributed by atoms with E-state index in [0.29, 0.717) is 39.0 Å². The van der Waals surface area contributed by atoms with Gasteiger partial charge in [0.1, 0.15) is 5.52 Å². The van der Waals surface area contributed by atoms with Crippen LogP contribution in [0.2, 0.25) is 5.02 Å². The van der Waals surface area contributed by atoms with E-state index in [0.717, 1.165) is 0 Å². The molecule has 0 bridgehead atoms. The maximum atomic E-state index is 12.2. The van der Waals surface area contributed by atoms with Gasteiger partial charge < -0.3 is 15.5 Å². The topological polar surface area (TPSA) is 81.2 Å². The minimum absolute atomic E-state index is 0.327. The van der Waals surface area contributed by atoms with Crippen molar-refractivity contribution in [2.24, 2.45) is 0 Å². The molecular formula is C15H12ClN3O2. The zero-order chi connectivity index (χ0) is 15.0. The first-order valence-electron chi connectivity index (χ1n) is 6.26. The number of hydrogen-bond acceptors (Lipinski definition) is 4. The highest BCUT2D eigenvalue weighted by Gasteiger charge is 2.12. The van der Waals surface area contributed by atoms with Gasteiger partial charge in [0.05, 0.1) is 10.6 Å². The molecule has 0 saturated heterocycles. The SMILES string of the molecule is Cc1nc2cc(NC(=O)c3cc(N)ccc3Cl)ccc2o1. The molecule has 3 N–H and O–H groups in total. The molecule has 5 nitrogen and oxygen atoms in total. The number of anilines is 2. The van der Waals surface area contributed by atoms with Gasteiger partial charge in [0.15, 0.2) is 11.5 Å². The molecule has 3 aromatic rings. The molecule has 0 saturated carbocycles. The number of rotatable bonds is 2. The van der Waals surface area contributed by atoms with E-state index >= 15 is 0 Å². The quantitative estimate of drug-likeness (QED) is 0.708. The van der Waals surface area contributed by atoms with E-state index < -0.39 is 0 Å². The number of benzene rings is 2. The maximum Gasteiger partial charge on any atom is 0.257 e. The van der Waals surface area contributed by atoms with Gasteiger partial charge in [-0.15, -0.1) is 0 Å². The summed E-state index contributed by atoms with van der Waals surface area (Å²) >= 11 is 6.01.